The highest BCUT2D eigenvalue weighted by Crippen LogP contribution is 2.19. The van der Waals surface area contributed by atoms with Gasteiger partial charge in [-0.1, -0.05) is 24.3 Å². The molecule has 166 valence electrons. The van der Waals surface area contributed by atoms with Gasteiger partial charge in [0.15, 0.2) is 0 Å². The average molecular weight is 433 g/mol. The fourth-order valence-corrected chi connectivity index (χ4v) is 3.75. The molecule has 0 spiro atoms. The molecule has 1 aliphatic rings. The van der Waals surface area contributed by atoms with E-state index in [1.54, 1.807) is 30.3 Å². The molecule has 0 radical (unpaired) electrons. The highest BCUT2D eigenvalue weighted by molar-refractivity contribution is 6.04. The summed E-state index contributed by atoms with van der Waals surface area (Å²) in [6.45, 7) is 5.02. The number of H-pyrrole nitrogens is 1. The first-order valence-electron chi connectivity index (χ1n) is 10.9. The van der Waals surface area contributed by atoms with Crippen molar-refractivity contribution in [2.75, 3.05) is 44.7 Å². The molecule has 7 nitrogen and oxygen atoms in total. The molecule has 0 aliphatic carbocycles. The van der Waals surface area contributed by atoms with Gasteiger partial charge >= 0.3 is 0 Å². The summed E-state index contributed by atoms with van der Waals surface area (Å²) in [5, 5.41) is 6.84. The number of nitrogens with zero attached hydrogens (tertiary/aromatic N) is 1. The molecule has 1 fully saturated rings. The number of aromatic nitrogens is 1. The zero-order chi connectivity index (χ0) is 22.2. The van der Waals surface area contributed by atoms with Gasteiger partial charge in [0.05, 0.1) is 13.2 Å². The topological polar surface area (TPSA) is 86.5 Å². The minimum absolute atomic E-state index is 0.141. The van der Waals surface area contributed by atoms with E-state index in [1.807, 2.05) is 30.5 Å². The van der Waals surface area contributed by atoms with Crippen molar-refractivity contribution >= 4 is 34.5 Å². The lowest BCUT2D eigenvalue weighted by atomic mass is 10.1. The quantitative estimate of drug-likeness (QED) is 0.377. The summed E-state index contributed by atoms with van der Waals surface area (Å²) in [5.41, 5.74) is 3.08. The van der Waals surface area contributed by atoms with Crippen LogP contribution in [0.2, 0.25) is 0 Å². The van der Waals surface area contributed by atoms with Crippen molar-refractivity contribution in [3.63, 3.8) is 0 Å². The summed E-state index contributed by atoms with van der Waals surface area (Å²) in [7, 11) is 0. The Morgan fingerprint density at radius 2 is 1.94 bits per heavy atom. The summed E-state index contributed by atoms with van der Waals surface area (Å²) in [6.07, 6.45) is 6.03. The van der Waals surface area contributed by atoms with Gasteiger partial charge in [0, 0.05) is 54.1 Å². The SMILES string of the molecule is O=C(/C=C/c1c[nH]c2ccccc12)Nc1cccc(C(=O)NCCCN2CCOCC2)c1. The van der Waals surface area contributed by atoms with Crippen molar-refractivity contribution in [3.05, 3.63) is 71.9 Å². The molecule has 4 rings (SSSR count). The van der Waals surface area contributed by atoms with Crippen LogP contribution >= 0.6 is 0 Å². The fourth-order valence-electron chi connectivity index (χ4n) is 3.75. The number of rotatable bonds is 8. The van der Waals surface area contributed by atoms with Crippen LogP contribution in [-0.2, 0) is 9.53 Å². The van der Waals surface area contributed by atoms with E-state index in [0.717, 1.165) is 55.7 Å². The highest BCUT2D eigenvalue weighted by Gasteiger charge is 2.11. The van der Waals surface area contributed by atoms with Crippen LogP contribution in [0, 0.1) is 0 Å². The maximum Gasteiger partial charge on any atom is 0.251 e. The first kappa shape index (κ1) is 21.8. The Hall–Kier alpha value is -3.42. The Morgan fingerprint density at radius 3 is 2.81 bits per heavy atom. The number of carbonyl (C=O) groups is 2. The van der Waals surface area contributed by atoms with Gasteiger partial charge in [0.25, 0.3) is 5.91 Å². The van der Waals surface area contributed by atoms with E-state index in [2.05, 4.69) is 20.5 Å². The van der Waals surface area contributed by atoms with E-state index >= 15 is 0 Å². The van der Waals surface area contributed by atoms with Crippen molar-refractivity contribution < 1.29 is 14.3 Å². The molecular formula is C25H28N4O3. The molecule has 0 bridgehead atoms. The second-order valence-corrected chi connectivity index (χ2v) is 7.76. The monoisotopic (exact) mass is 432 g/mol. The molecule has 0 unspecified atom stereocenters. The molecule has 3 aromatic rings. The lowest BCUT2D eigenvalue weighted by Gasteiger charge is -2.26. The molecule has 1 aliphatic heterocycles. The van der Waals surface area contributed by atoms with Crippen LogP contribution in [0.1, 0.15) is 22.3 Å². The molecule has 2 heterocycles. The first-order chi connectivity index (χ1) is 15.7. The predicted molar refractivity (Wildman–Crippen MR) is 127 cm³/mol. The molecule has 1 aromatic heterocycles. The number of aromatic amines is 1. The van der Waals surface area contributed by atoms with Gasteiger partial charge in [-0.2, -0.15) is 0 Å². The van der Waals surface area contributed by atoms with Crippen molar-refractivity contribution in [2.45, 2.75) is 6.42 Å². The molecule has 32 heavy (non-hydrogen) atoms. The Labute approximate surface area is 187 Å². The van der Waals surface area contributed by atoms with Gasteiger partial charge in [-0.3, -0.25) is 14.5 Å². The van der Waals surface area contributed by atoms with E-state index in [4.69, 9.17) is 4.74 Å². The van der Waals surface area contributed by atoms with Gasteiger partial charge in [0.2, 0.25) is 5.91 Å². The standard InChI is InChI=1S/C25H28N4O3/c30-24(10-9-20-18-27-23-8-2-1-7-22(20)23)28-21-6-3-5-19(17-21)25(31)26-11-4-12-29-13-15-32-16-14-29/h1-3,5-10,17-18,27H,4,11-16H2,(H,26,31)(H,28,30)/b10-9+. The van der Waals surface area contributed by atoms with Crippen molar-refractivity contribution in [2.24, 2.45) is 0 Å². The molecule has 2 aromatic carbocycles. The zero-order valence-corrected chi connectivity index (χ0v) is 18.0. The lowest BCUT2D eigenvalue weighted by molar-refractivity contribution is -0.111. The van der Waals surface area contributed by atoms with E-state index in [9.17, 15) is 9.59 Å². The Morgan fingerprint density at radius 1 is 1.09 bits per heavy atom. The number of benzene rings is 2. The zero-order valence-electron chi connectivity index (χ0n) is 18.0. The van der Waals surface area contributed by atoms with Gasteiger partial charge in [-0.15, -0.1) is 0 Å². The Balaban J connectivity index is 1.27. The van der Waals surface area contributed by atoms with Gasteiger partial charge < -0.3 is 20.4 Å². The number of fused-ring (bicyclic) bond motifs is 1. The smallest absolute Gasteiger partial charge is 0.251 e. The maximum atomic E-state index is 12.5. The van der Waals surface area contributed by atoms with Crippen LogP contribution in [0.3, 0.4) is 0 Å². The number of nitrogens with one attached hydrogen (secondary N) is 3. The third-order valence-corrected chi connectivity index (χ3v) is 5.47. The molecule has 7 heteroatoms. The van der Waals surface area contributed by atoms with Crippen molar-refractivity contribution in [1.82, 2.24) is 15.2 Å². The fraction of sp³-hybridized carbons (Fsp3) is 0.280. The van der Waals surface area contributed by atoms with Gasteiger partial charge in [-0.05, 0) is 48.9 Å². The van der Waals surface area contributed by atoms with Crippen LogP contribution in [0.15, 0.2) is 60.8 Å². The molecular weight excluding hydrogens is 404 g/mol. The lowest BCUT2D eigenvalue weighted by Crippen LogP contribution is -2.38. The number of hydrogen-bond donors (Lipinski definition) is 3. The minimum atomic E-state index is -0.252. The van der Waals surface area contributed by atoms with E-state index < -0.39 is 0 Å². The molecule has 3 N–H and O–H groups in total. The summed E-state index contributed by atoms with van der Waals surface area (Å²) in [4.78, 5) is 30.4. The van der Waals surface area contributed by atoms with Gasteiger partial charge in [-0.25, -0.2) is 0 Å². The summed E-state index contributed by atoms with van der Waals surface area (Å²) in [5.74, 6) is -0.393. The highest BCUT2D eigenvalue weighted by atomic mass is 16.5. The van der Waals surface area contributed by atoms with E-state index in [-0.39, 0.29) is 11.8 Å². The third kappa shape index (κ3) is 5.84. The summed E-state index contributed by atoms with van der Waals surface area (Å²) in [6, 6.07) is 14.9. The average Bonchev–Trinajstić information content (AvgIpc) is 3.24. The van der Waals surface area contributed by atoms with Crippen LogP contribution in [0.4, 0.5) is 5.69 Å². The predicted octanol–water partition coefficient (Wildman–Crippen LogP) is 3.27. The van der Waals surface area contributed by atoms with E-state index in [0.29, 0.717) is 17.8 Å². The number of para-hydroxylation sites is 1. The first-order valence-corrected chi connectivity index (χ1v) is 10.9. The number of carbonyl (C=O) groups excluding carboxylic acids is 2. The van der Waals surface area contributed by atoms with Crippen molar-refractivity contribution in [3.8, 4) is 0 Å². The largest absolute Gasteiger partial charge is 0.379 e. The Kier molecular flexibility index (Phi) is 7.32. The molecule has 0 saturated carbocycles. The van der Waals surface area contributed by atoms with Crippen LogP contribution in [0.25, 0.3) is 17.0 Å². The summed E-state index contributed by atoms with van der Waals surface area (Å²) >= 11 is 0. The van der Waals surface area contributed by atoms with Crippen LogP contribution in [-0.4, -0.2) is 61.1 Å². The molecule has 1 saturated heterocycles. The van der Waals surface area contributed by atoms with Crippen LogP contribution < -0.4 is 10.6 Å². The van der Waals surface area contributed by atoms with E-state index in [1.165, 1.54) is 6.08 Å². The number of hydrogen-bond acceptors (Lipinski definition) is 4. The maximum absolute atomic E-state index is 12.5. The molecule has 0 atom stereocenters. The third-order valence-electron chi connectivity index (χ3n) is 5.47. The molecule has 2 amide bonds. The van der Waals surface area contributed by atoms with Crippen LogP contribution in [0.5, 0.6) is 0 Å². The number of ether oxygens (including phenoxy) is 1. The second-order valence-electron chi connectivity index (χ2n) is 7.76. The number of morpholine rings is 1. The second kappa shape index (κ2) is 10.7. The van der Waals surface area contributed by atoms with Crippen molar-refractivity contribution in [1.29, 1.82) is 0 Å². The summed E-state index contributed by atoms with van der Waals surface area (Å²) < 4.78 is 5.34. The Bertz CT molecular complexity index is 1100. The minimum Gasteiger partial charge on any atom is -0.379 e. The van der Waals surface area contributed by atoms with Gasteiger partial charge in [0.1, 0.15) is 0 Å². The number of amides is 2. The number of anilines is 1. The normalized spacial score (nSPS) is 14.6.